The zero-order chi connectivity index (χ0) is 11.6. The van der Waals surface area contributed by atoms with Gasteiger partial charge in [0, 0.05) is 6.20 Å². The Kier molecular flexibility index (Phi) is 2.44. The molecule has 2 aromatic heterocycles. The quantitative estimate of drug-likeness (QED) is 0.668. The van der Waals surface area contributed by atoms with Gasteiger partial charge >= 0.3 is 0 Å². The highest BCUT2D eigenvalue weighted by Crippen LogP contribution is 2.12. The molecule has 2 aromatic rings. The Bertz CT molecular complexity index is 561. The third kappa shape index (κ3) is 2.08. The molecule has 16 heavy (non-hydrogen) atoms. The highest BCUT2D eigenvalue weighted by atomic mass is 32.2. The molecule has 0 radical (unpaired) electrons. The maximum absolute atomic E-state index is 11.7. The van der Waals surface area contributed by atoms with Gasteiger partial charge in [0.05, 0.1) is 24.3 Å². The van der Waals surface area contributed by atoms with Crippen LogP contribution in [0.3, 0.4) is 0 Å². The summed E-state index contributed by atoms with van der Waals surface area (Å²) in [5.41, 5.74) is 5.58. The number of rotatable bonds is 3. The van der Waals surface area contributed by atoms with Gasteiger partial charge < -0.3 is 5.73 Å². The van der Waals surface area contributed by atoms with Crippen molar-refractivity contribution in [1.82, 2.24) is 20.2 Å². The second-order valence-electron chi connectivity index (χ2n) is 2.87. The third-order valence-electron chi connectivity index (χ3n) is 1.71. The van der Waals surface area contributed by atoms with Crippen LogP contribution in [0.15, 0.2) is 29.7 Å². The summed E-state index contributed by atoms with van der Waals surface area (Å²) in [6.07, 6.45) is 5.01. The third-order valence-corrected chi connectivity index (χ3v) is 3.04. The molecule has 0 bridgehead atoms. The predicted octanol–water partition coefficient (Wildman–Crippen LogP) is -0.417. The summed E-state index contributed by atoms with van der Waals surface area (Å²) in [5.74, 6) is 0.0160. The van der Waals surface area contributed by atoms with Crippen LogP contribution in [0.25, 0.3) is 0 Å². The van der Waals surface area contributed by atoms with Crippen LogP contribution in [0.5, 0.6) is 0 Å². The van der Waals surface area contributed by atoms with E-state index >= 15 is 0 Å². The topological polar surface area (TPSA) is 127 Å². The van der Waals surface area contributed by atoms with Crippen LogP contribution >= 0.6 is 0 Å². The number of hydrogen-bond donors (Lipinski definition) is 3. The van der Waals surface area contributed by atoms with Gasteiger partial charge in [-0.1, -0.05) is 0 Å². The maximum Gasteiger partial charge on any atom is 0.265 e. The molecule has 0 aliphatic heterocycles. The Labute approximate surface area is 91.0 Å². The van der Waals surface area contributed by atoms with E-state index in [9.17, 15) is 8.42 Å². The Morgan fingerprint density at radius 3 is 2.50 bits per heavy atom. The van der Waals surface area contributed by atoms with Crippen molar-refractivity contribution in [3.05, 3.63) is 24.8 Å². The smallest absolute Gasteiger partial charge is 0.265 e. The molecule has 8 nitrogen and oxygen atoms in total. The van der Waals surface area contributed by atoms with Gasteiger partial charge in [-0.05, 0) is 0 Å². The summed E-state index contributed by atoms with van der Waals surface area (Å²) >= 11 is 0. The van der Waals surface area contributed by atoms with E-state index in [1.54, 1.807) is 0 Å². The normalized spacial score (nSPS) is 11.2. The van der Waals surface area contributed by atoms with E-state index in [0.717, 1.165) is 12.4 Å². The Balaban J connectivity index is 2.29. The molecule has 9 heteroatoms. The van der Waals surface area contributed by atoms with Gasteiger partial charge in [0.25, 0.3) is 10.0 Å². The fourth-order valence-corrected chi connectivity index (χ4v) is 1.91. The van der Waals surface area contributed by atoms with E-state index in [1.165, 1.54) is 12.4 Å². The SMILES string of the molecule is Nc1ncc(S(=O)(=O)Nc2cn[nH]c2)cn1. The highest BCUT2D eigenvalue weighted by molar-refractivity contribution is 7.92. The largest absolute Gasteiger partial charge is 0.368 e. The Morgan fingerprint density at radius 2 is 1.94 bits per heavy atom. The number of aromatic amines is 1. The number of sulfonamides is 1. The molecule has 0 saturated heterocycles. The molecule has 0 aliphatic rings. The molecule has 2 heterocycles. The van der Waals surface area contributed by atoms with Crippen LogP contribution in [0, 0.1) is 0 Å². The standard InChI is InChI=1S/C7H8N6O2S/c8-7-9-3-6(4-10-7)16(14,15)13-5-1-11-12-2-5/h1-4,13H,(H,11,12)(H2,8,9,10). The first kappa shape index (κ1) is 10.4. The van der Waals surface area contributed by atoms with Crippen LogP contribution < -0.4 is 10.5 Å². The molecule has 0 fully saturated rings. The predicted molar refractivity (Wildman–Crippen MR) is 55.8 cm³/mol. The van der Waals surface area contributed by atoms with Gasteiger partial charge in [0.2, 0.25) is 5.95 Å². The molecule has 0 spiro atoms. The second-order valence-corrected chi connectivity index (χ2v) is 4.55. The van der Waals surface area contributed by atoms with Gasteiger partial charge in [0.15, 0.2) is 0 Å². The number of aromatic nitrogens is 4. The van der Waals surface area contributed by atoms with Crippen LogP contribution in [0.1, 0.15) is 0 Å². The lowest BCUT2D eigenvalue weighted by Gasteiger charge is -2.04. The summed E-state index contributed by atoms with van der Waals surface area (Å²) in [7, 11) is -3.69. The molecule has 2 rings (SSSR count). The summed E-state index contributed by atoms with van der Waals surface area (Å²) < 4.78 is 25.8. The fourth-order valence-electron chi connectivity index (χ4n) is 0.986. The summed E-state index contributed by atoms with van der Waals surface area (Å²) in [6.45, 7) is 0. The van der Waals surface area contributed by atoms with Crippen LogP contribution in [0.2, 0.25) is 0 Å². The molecule has 0 unspecified atom stereocenters. The van der Waals surface area contributed by atoms with Crippen molar-refractivity contribution in [3.8, 4) is 0 Å². The summed E-state index contributed by atoms with van der Waals surface area (Å²) in [4.78, 5) is 7.13. The molecular formula is C7H8N6O2S. The van der Waals surface area contributed by atoms with Crippen LogP contribution in [-0.4, -0.2) is 28.6 Å². The molecule has 84 valence electrons. The average Bonchev–Trinajstić information content (AvgIpc) is 2.70. The van der Waals surface area contributed by atoms with Crippen molar-refractivity contribution in [2.24, 2.45) is 0 Å². The maximum atomic E-state index is 11.7. The Morgan fingerprint density at radius 1 is 1.25 bits per heavy atom. The molecule has 0 saturated carbocycles. The zero-order valence-corrected chi connectivity index (χ0v) is 8.77. The molecule has 0 aliphatic carbocycles. The first-order valence-corrected chi connectivity index (χ1v) is 5.65. The molecule has 0 aromatic carbocycles. The molecule has 0 amide bonds. The van der Waals surface area contributed by atoms with Crippen molar-refractivity contribution >= 4 is 21.7 Å². The van der Waals surface area contributed by atoms with Crippen molar-refractivity contribution in [2.75, 3.05) is 10.5 Å². The lowest BCUT2D eigenvalue weighted by atomic mass is 10.6. The first-order chi connectivity index (χ1) is 7.58. The van der Waals surface area contributed by atoms with Crippen molar-refractivity contribution in [2.45, 2.75) is 4.90 Å². The molecular weight excluding hydrogens is 232 g/mol. The minimum atomic E-state index is -3.69. The van der Waals surface area contributed by atoms with E-state index < -0.39 is 10.0 Å². The highest BCUT2D eigenvalue weighted by Gasteiger charge is 2.15. The summed E-state index contributed by atoms with van der Waals surface area (Å²) in [6, 6.07) is 0. The number of nitrogen functional groups attached to an aromatic ring is 1. The molecule has 0 atom stereocenters. The number of hydrogen-bond acceptors (Lipinski definition) is 6. The zero-order valence-electron chi connectivity index (χ0n) is 7.95. The average molecular weight is 240 g/mol. The minimum absolute atomic E-state index is 0.0160. The van der Waals surface area contributed by atoms with E-state index in [0.29, 0.717) is 5.69 Å². The van der Waals surface area contributed by atoms with Gasteiger partial charge in [-0.2, -0.15) is 5.10 Å². The number of nitrogens with two attached hydrogens (primary N) is 1. The van der Waals surface area contributed by atoms with Gasteiger partial charge in [-0.25, -0.2) is 18.4 Å². The Hall–Kier alpha value is -2.16. The van der Waals surface area contributed by atoms with Crippen molar-refractivity contribution in [1.29, 1.82) is 0 Å². The second kappa shape index (κ2) is 3.77. The summed E-state index contributed by atoms with van der Waals surface area (Å²) in [5, 5.41) is 6.10. The lowest BCUT2D eigenvalue weighted by Crippen LogP contribution is -2.13. The van der Waals surface area contributed by atoms with Crippen molar-refractivity contribution in [3.63, 3.8) is 0 Å². The van der Waals surface area contributed by atoms with Gasteiger partial charge in [0.1, 0.15) is 4.90 Å². The number of nitrogens with one attached hydrogen (secondary N) is 2. The number of anilines is 2. The van der Waals surface area contributed by atoms with Gasteiger partial charge in [-0.3, -0.25) is 9.82 Å². The number of nitrogens with zero attached hydrogens (tertiary/aromatic N) is 3. The minimum Gasteiger partial charge on any atom is -0.368 e. The van der Waals surface area contributed by atoms with Gasteiger partial charge in [-0.15, -0.1) is 0 Å². The van der Waals surface area contributed by atoms with Crippen LogP contribution in [-0.2, 0) is 10.0 Å². The van der Waals surface area contributed by atoms with Crippen LogP contribution in [0.4, 0.5) is 11.6 Å². The molecule has 4 N–H and O–H groups in total. The van der Waals surface area contributed by atoms with E-state index in [2.05, 4.69) is 24.9 Å². The van der Waals surface area contributed by atoms with Crippen molar-refractivity contribution < 1.29 is 8.42 Å². The fraction of sp³-hybridized carbons (Fsp3) is 0. The van der Waals surface area contributed by atoms with E-state index in [-0.39, 0.29) is 10.8 Å². The first-order valence-electron chi connectivity index (χ1n) is 4.17. The lowest BCUT2D eigenvalue weighted by molar-refractivity contribution is 0.600. The van der Waals surface area contributed by atoms with E-state index in [1.807, 2.05) is 0 Å². The van der Waals surface area contributed by atoms with E-state index in [4.69, 9.17) is 5.73 Å². The monoisotopic (exact) mass is 240 g/mol. The number of H-pyrrole nitrogens is 1.